The summed E-state index contributed by atoms with van der Waals surface area (Å²) in [5, 5.41) is 32.0. The Balaban J connectivity index is 4.14. The summed E-state index contributed by atoms with van der Waals surface area (Å²) in [6.45, 7) is 3.42. The van der Waals surface area contributed by atoms with Crippen molar-refractivity contribution in [1.29, 1.82) is 0 Å². The van der Waals surface area contributed by atoms with Gasteiger partial charge in [0.25, 0.3) is 0 Å². The van der Waals surface area contributed by atoms with E-state index in [2.05, 4.69) is 10.5 Å². The molecule has 10 heteroatoms. The summed E-state index contributed by atoms with van der Waals surface area (Å²) < 4.78 is 5.05. The molecule has 5 N–H and O–H groups in total. The number of carboxylic acids is 1. The molecule has 0 radical (unpaired) electrons. The van der Waals surface area contributed by atoms with Crippen molar-refractivity contribution in [2.75, 3.05) is 13.1 Å². The Hall–Kier alpha value is -1.09. The standard InChI is InChI=1S/C9H20B2N2O6/c1-10(17)12-5-7(6-13-11(2)18)19-9(16)4-3-8(14)15/h7,12-13,17-18H,3-6H2,1-2H3,(H,14,15). The lowest BCUT2D eigenvalue weighted by molar-refractivity contribution is -0.151. The maximum Gasteiger partial charge on any atom is 0.373 e. The second kappa shape index (κ2) is 9.79. The number of nitrogens with one attached hydrogen (secondary N) is 2. The van der Waals surface area contributed by atoms with Crippen molar-refractivity contribution in [3.63, 3.8) is 0 Å². The minimum absolute atomic E-state index is 0.191. The van der Waals surface area contributed by atoms with E-state index in [1.807, 2.05) is 0 Å². The highest BCUT2D eigenvalue weighted by Crippen LogP contribution is 1.98. The van der Waals surface area contributed by atoms with Gasteiger partial charge in [-0.15, -0.1) is 0 Å². The zero-order chi connectivity index (χ0) is 14.8. The van der Waals surface area contributed by atoms with Crippen LogP contribution in [0.1, 0.15) is 12.8 Å². The fourth-order valence-corrected chi connectivity index (χ4v) is 1.21. The van der Waals surface area contributed by atoms with Crippen LogP contribution in [0.15, 0.2) is 0 Å². The van der Waals surface area contributed by atoms with Crippen molar-refractivity contribution < 1.29 is 29.5 Å². The molecule has 19 heavy (non-hydrogen) atoms. The number of rotatable bonds is 10. The Bertz CT molecular complexity index is 278. The molecule has 0 amide bonds. The number of hydrogen-bond donors (Lipinski definition) is 5. The smallest absolute Gasteiger partial charge is 0.373 e. The first-order valence-corrected chi connectivity index (χ1v) is 6.05. The number of carbonyl (C=O) groups excluding carboxylic acids is 1. The lowest BCUT2D eigenvalue weighted by Gasteiger charge is -2.19. The molecule has 0 aromatic rings. The molecule has 0 aliphatic heterocycles. The lowest BCUT2D eigenvalue weighted by Crippen LogP contribution is -2.46. The first kappa shape index (κ1) is 17.9. The van der Waals surface area contributed by atoms with Crippen molar-refractivity contribution in [1.82, 2.24) is 10.5 Å². The van der Waals surface area contributed by atoms with E-state index in [9.17, 15) is 9.59 Å². The van der Waals surface area contributed by atoms with Crippen LogP contribution in [-0.2, 0) is 14.3 Å². The molecule has 0 heterocycles. The van der Waals surface area contributed by atoms with E-state index in [-0.39, 0.29) is 25.9 Å². The van der Waals surface area contributed by atoms with Gasteiger partial charge in [-0.2, -0.15) is 0 Å². The second-order valence-corrected chi connectivity index (χ2v) is 4.17. The van der Waals surface area contributed by atoms with Crippen LogP contribution in [0.25, 0.3) is 0 Å². The molecule has 0 fully saturated rings. The number of esters is 1. The molecule has 0 saturated heterocycles. The van der Waals surface area contributed by atoms with Gasteiger partial charge in [0.05, 0.1) is 12.8 Å². The lowest BCUT2D eigenvalue weighted by atomic mass is 9.87. The van der Waals surface area contributed by atoms with Crippen LogP contribution in [-0.4, -0.2) is 60.4 Å². The molecule has 0 aromatic heterocycles. The fraction of sp³-hybridized carbons (Fsp3) is 0.778. The van der Waals surface area contributed by atoms with Crippen LogP contribution >= 0.6 is 0 Å². The van der Waals surface area contributed by atoms with Crippen LogP contribution in [0.2, 0.25) is 13.6 Å². The molecule has 0 unspecified atom stereocenters. The van der Waals surface area contributed by atoms with E-state index in [0.29, 0.717) is 0 Å². The van der Waals surface area contributed by atoms with Crippen molar-refractivity contribution in [2.24, 2.45) is 0 Å². The van der Waals surface area contributed by atoms with E-state index in [1.54, 1.807) is 0 Å². The van der Waals surface area contributed by atoms with Gasteiger partial charge in [0.15, 0.2) is 0 Å². The van der Waals surface area contributed by atoms with Crippen molar-refractivity contribution in [2.45, 2.75) is 32.6 Å². The highest BCUT2D eigenvalue weighted by atomic mass is 16.5. The van der Waals surface area contributed by atoms with Gasteiger partial charge in [-0.1, -0.05) is 0 Å². The molecule has 0 aliphatic rings. The molecule has 108 valence electrons. The van der Waals surface area contributed by atoms with E-state index in [4.69, 9.17) is 19.9 Å². The highest BCUT2D eigenvalue weighted by Gasteiger charge is 2.18. The van der Waals surface area contributed by atoms with Gasteiger partial charge in [-0.3, -0.25) is 9.59 Å². The zero-order valence-electron chi connectivity index (χ0n) is 11.1. The number of hydrogen-bond acceptors (Lipinski definition) is 7. The Morgan fingerprint density at radius 2 is 1.58 bits per heavy atom. The van der Waals surface area contributed by atoms with Crippen molar-refractivity contribution in [3.8, 4) is 0 Å². The maximum absolute atomic E-state index is 11.4. The average Bonchev–Trinajstić information content (AvgIpc) is 2.29. The van der Waals surface area contributed by atoms with Crippen LogP contribution in [0.4, 0.5) is 0 Å². The molecule has 0 aromatic carbocycles. The van der Waals surface area contributed by atoms with Crippen LogP contribution in [0, 0.1) is 0 Å². The summed E-state index contributed by atoms with van der Waals surface area (Å²) in [6.07, 6.45) is -1.11. The van der Waals surface area contributed by atoms with E-state index < -0.39 is 32.1 Å². The summed E-state index contributed by atoms with van der Waals surface area (Å²) in [5.41, 5.74) is 0. The number of aliphatic carboxylic acids is 1. The minimum atomic E-state index is -1.07. The Labute approximate surface area is 112 Å². The molecular weight excluding hydrogens is 254 g/mol. The summed E-state index contributed by atoms with van der Waals surface area (Å²) >= 11 is 0. The second-order valence-electron chi connectivity index (χ2n) is 4.17. The van der Waals surface area contributed by atoms with E-state index in [0.717, 1.165) is 0 Å². The maximum atomic E-state index is 11.4. The third kappa shape index (κ3) is 11.7. The predicted octanol–water partition coefficient (Wildman–Crippen LogP) is -1.84. The van der Waals surface area contributed by atoms with Crippen molar-refractivity contribution in [3.05, 3.63) is 0 Å². The first-order chi connectivity index (χ1) is 8.81. The topological polar surface area (TPSA) is 128 Å². The summed E-state index contributed by atoms with van der Waals surface area (Å²) in [7, 11) is -1.52. The monoisotopic (exact) mass is 274 g/mol. The third-order valence-electron chi connectivity index (χ3n) is 2.12. The van der Waals surface area contributed by atoms with Gasteiger partial charge >= 0.3 is 26.0 Å². The summed E-state index contributed by atoms with van der Waals surface area (Å²) in [5.74, 6) is -1.70. The number of carboxylic acid groups (broad SMARTS) is 1. The van der Waals surface area contributed by atoms with Gasteiger partial charge in [0.1, 0.15) is 6.10 Å². The summed E-state index contributed by atoms with van der Waals surface area (Å²) in [6, 6.07) is 0. The van der Waals surface area contributed by atoms with Crippen LogP contribution < -0.4 is 10.5 Å². The predicted molar refractivity (Wildman–Crippen MR) is 70.4 cm³/mol. The molecule has 0 spiro atoms. The Morgan fingerprint density at radius 1 is 1.11 bits per heavy atom. The molecule has 8 nitrogen and oxygen atoms in total. The normalized spacial score (nSPS) is 10.4. The average molecular weight is 274 g/mol. The van der Waals surface area contributed by atoms with Gasteiger partial charge < -0.3 is 30.3 Å². The molecule has 0 saturated carbocycles. The van der Waals surface area contributed by atoms with Crippen LogP contribution in [0.5, 0.6) is 0 Å². The largest absolute Gasteiger partial charge is 0.481 e. The van der Waals surface area contributed by atoms with Gasteiger partial charge in [-0.05, 0) is 13.6 Å². The first-order valence-electron chi connectivity index (χ1n) is 6.05. The van der Waals surface area contributed by atoms with Gasteiger partial charge in [0, 0.05) is 13.1 Å². The number of carbonyl (C=O) groups is 2. The SMILES string of the molecule is CB(O)NCC(CNB(C)O)OC(=O)CCC(=O)O. The minimum Gasteiger partial charge on any atom is -0.481 e. The van der Waals surface area contributed by atoms with Gasteiger partial charge in [-0.25, -0.2) is 0 Å². The fourth-order valence-electron chi connectivity index (χ4n) is 1.21. The van der Waals surface area contributed by atoms with Crippen LogP contribution in [0.3, 0.4) is 0 Å². The van der Waals surface area contributed by atoms with Gasteiger partial charge in [0.2, 0.25) is 0 Å². The number of ether oxygens (including phenoxy) is 1. The van der Waals surface area contributed by atoms with E-state index >= 15 is 0 Å². The molecule has 0 aliphatic carbocycles. The Morgan fingerprint density at radius 3 is 1.95 bits per heavy atom. The molecular formula is C9H20B2N2O6. The third-order valence-corrected chi connectivity index (χ3v) is 2.12. The Kier molecular flexibility index (Phi) is 9.23. The summed E-state index contributed by atoms with van der Waals surface area (Å²) in [4.78, 5) is 21.7. The molecule has 0 atom stereocenters. The van der Waals surface area contributed by atoms with E-state index in [1.165, 1.54) is 13.6 Å². The molecule has 0 bridgehead atoms. The zero-order valence-corrected chi connectivity index (χ0v) is 11.1. The highest BCUT2D eigenvalue weighted by molar-refractivity contribution is 6.45. The quantitative estimate of drug-likeness (QED) is 0.232. The van der Waals surface area contributed by atoms with Crippen molar-refractivity contribution >= 4 is 26.0 Å². The molecule has 0 rings (SSSR count).